The van der Waals surface area contributed by atoms with Crippen LogP contribution in [0.2, 0.25) is 0 Å². The molecule has 2 aromatic carbocycles. The van der Waals surface area contributed by atoms with Gasteiger partial charge in [-0.3, -0.25) is 0 Å². The van der Waals surface area contributed by atoms with Gasteiger partial charge in [-0.1, -0.05) is 40.2 Å². The van der Waals surface area contributed by atoms with E-state index in [1.807, 2.05) is 24.3 Å². The molecule has 19 heavy (non-hydrogen) atoms. The molecule has 0 aromatic heterocycles. The van der Waals surface area contributed by atoms with Crippen LogP contribution in [0, 0.1) is 13.8 Å². The van der Waals surface area contributed by atoms with Crippen LogP contribution in [-0.4, -0.2) is 10.9 Å². The van der Waals surface area contributed by atoms with Crippen molar-refractivity contribution < 1.29 is 5.11 Å². The van der Waals surface area contributed by atoms with E-state index in [1.165, 1.54) is 16.0 Å². The Morgan fingerprint density at radius 3 is 2.63 bits per heavy atom. The second-order valence-electron chi connectivity index (χ2n) is 4.57. The summed E-state index contributed by atoms with van der Waals surface area (Å²) in [5, 5.41) is 10.3. The Labute approximate surface area is 127 Å². The molecule has 1 N–H and O–H groups in total. The number of aliphatic hydroxyl groups excluding tert-OH is 1. The Morgan fingerprint density at radius 1 is 1.16 bits per heavy atom. The third kappa shape index (κ3) is 3.85. The first-order valence-electron chi connectivity index (χ1n) is 6.20. The van der Waals surface area contributed by atoms with Crippen molar-refractivity contribution in [3.8, 4) is 0 Å². The Kier molecular flexibility index (Phi) is 5.08. The highest BCUT2D eigenvalue weighted by molar-refractivity contribution is 9.10. The summed E-state index contributed by atoms with van der Waals surface area (Å²) in [6, 6.07) is 14.2. The number of rotatable bonds is 4. The van der Waals surface area contributed by atoms with Crippen molar-refractivity contribution in [1.29, 1.82) is 0 Å². The highest BCUT2D eigenvalue weighted by Crippen LogP contribution is 2.28. The molecule has 1 atom stereocenters. The summed E-state index contributed by atoms with van der Waals surface area (Å²) >= 11 is 5.13. The molecule has 3 heteroatoms. The van der Waals surface area contributed by atoms with Gasteiger partial charge in [-0.05, 0) is 48.7 Å². The van der Waals surface area contributed by atoms with E-state index in [1.54, 1.807) is 11.8 Å². The lowest BCUT2D eigenvalue weighted by Crippen LogP contribution is -2.03. The maximum atomic E-state index is 10.3. The second-order valence-corrected chi connectivity index (χ2v) is 6.58. The zero-order valence-electron chi connectivity index (χ0n) is 11.1. The van der Waals surface area contributed by atoms with Crippen LogP contribution in [0.15, 0.2) is 51.8 Å². The molecule has 0 aliphatic carbocycles. The average Bonchev–Trinajstić information content (AvgIpc) is 2.39. The third-order valence-electron chi connectivity index (χ3n) is 3.21. The summed E-state index contributed by atoms with van der Waals surface area (Å²) in [5.41, 5.74) is 3.44. The van der Waals surface area contributed by atoms with Crippen LogP contribution in [0.4, 0.5) is 0 Å². The Morgan fingerprint density at radius 2 is 1.89 bits per heavy atom. The fraction of sp³-hybridized carbons (Fsp3) is 0.250. The predicted octanol–water partition coefficient (Wildman–Crippen LogP) is 4.89. The standard InChI is InChI=1S/C16H17BrOS/c1-11-5-3-8-15(12(11)2)16(18)10-19-14-7-4-6-13(17)9-14/h3-9,16,18H,10H2,1-2H3. The average molecular weight is 337 g/mol. The van der Waals surface area contributed by atoms with Crippen LogP contribution in [0.5, 0.6) is 0 Å². The molecule has 1 unspecified atom stereocenters. The fourth-order valence-corrected chi connectivity index (χ4v) is 3.42. The van der Waals surface area contributed by atoms with Gasteiger partial charge in [0.1, 0.15) is 0 Å². The van der Waals surface area contributed by atoms with Crippen LogP contribution < -0.4 is 0 Å². The van der Waals surface area contributed by atoms with E-state index in [-0.39, 0.29) is 0 Å². The highest BCUT2D eigenvalue weighted by Gasteiger charge is 2.11. The smallest absolute Gasteiger partial charge is 0.0886 e. The largest absolute Gasteiger partial charge is 0.388 e. The molecule has 0 saturated carbocycles. The van der Waals surface area contributed by atoms with Gasteiger partial charge in [0.2, 0.25) is 0 Å². The summed E-state index contributed by atoms with van der Waals surface area (Å²) in [4.78, 5) is 1.17. The van der Waals surface area contributed by atoms with Gasteiger partial charge < -0.3 is 5.11 Å². The zero-order chi connectivity index (χ0) is 13.8. The van der Waals surface area contributed by atoms with Gasteiger partial charge in [-0.25, -0.2) is 0 Å². The molecule has 0 bridgehead atoms. The number of thioether (sulfide) groups is 1. The molecule has 0 amide bonds. The summed E-state index contributed by atoms with van der Waals surface area (Å²) < 4.78 is 1.07. The molecule has 0 heterocycles. The highest BCUT2D eigenvalue weighted by atomic mass is 79.9. The lowest BCUT2D eigenvalue weighted by atomic mass is 10.0. The molecule has 2 rings (SSSR count). The topological polar surface area (TPSA) is 20.2 Å². The van der Waals surface area contributed by atoms with Gasteiger partial charge in [-0.15, -0.1) is 11.8 Å². The van der Waals surface area contributed by atoms with Crippen molar-refractivity contribution in [3.05, 3.63) is 63.6 Å². The van der Waals surface area contributed by atoms with Crippen LogP contribution in [0.25, 0.3) is 0 Å². The summed E-state index contributed by atoms with van der Waals surface area (Å²) in [5.74, 6) is 0.667. The van der Waals surface area contributed by atoms with Gasteiger partial charge in [-0.2, -0.15) is 0 Å². The van der Waals surface area contributed by atoms with Crippen LogP contribution >= 0.6 is 27.7 Å². The number of halogens is 1. The van der Waals surface area contributed by atoms with Crippen molar-refractivity contribution >= 4 is 27.7 Å². The van der Waals surface area contributed by atoms with E-state index in [0.29, 0.717) is 5.75 Å². The molecule has 100 valence electrons. The van der Waals surface area contributed by atoms with Crippen LogP contribution in [0.3, 0.4) is 0 Å². The molecule has 1 nitrogen and oxygen atoms in total. The molecular weight excluding hydrogens is 320 g/mol. The molecule has 0 aliphatic heterocycles. The monoisotopic (exact) mass is 336 g/mol. The molecule has 0 fully saturated rings. The van der Waals surface area contributed by atoms with Crippen molar-refractivity contribution in [1.82, 2.24) is 0 Å². The zero-order valence-corrected chi connectivity index (χ0v) is 13.5. The van der Waals surface area contributed by atoms with Crippen molar-refractivity contribution in [2.75, 3.05) is 5.75 Å². The Balaban J connectivity index is 2.05. The summed E-state index contributed by atoms with van der Waals surface area (Å²) in [7, 11) is 0. The molecule has 0 aliphatic rings. The van der Waals surface area contributed by atoms with Crippen molar-refractivity contribution in [3.63, 3.8) is 0 Å². The first-order chi connectivity index (χ1) is 9.08. The summed E-state index contributed by atoms with van der Waals surface area (Å²) in [6.45, 7) is 4.14. The number of benzene rings is 2. The first-order valence-corrected chi connectivity index (χ1v) is 7.98. The van der Waals surface area contributed by atoms with E-state index >= 15 is 0 Å². The van der Waals surface area contributed by atoms with Crippen LogP contribution in [0.1, 0.15) is 22.8 Å². The van der Waals surface area contributed by atoms with Gasteiger partial charge in [0.25, 0.3) is 0 Å². The minimum atomic E-state index is -0.427. The number of hydrogen-bond acceptors (Lipinski definition) is 2. The SMILES string of the molecule is Cc1cccc(C(O)CSc2cccc(Br)c2)c1C. The Hall–Kier alpha value is -0.770. The molecular formula is C16H17BrOS. The van der Waals surface area contributed by atoms with E-state index < -0.39 is 6.10 Å². The molecule has 0 radical (unpaired) electrons. The lowest BCUT2D eigenvalue weighted by Gasteiger charge is -2.15. The van der Waals surface area contributed by atoms with Gasteiger partial charge in [0, 0.05) is 15.1 Å². The van der Waals surface area contributed by atoms with Crippen molar-refractivity contribution in [2.24, 2.45) is 0 Å². The number of aliphatic hydroxyl groups is 1. The number of hydrogen-bond donors (Lipinski definition) is 1. The minimum absolute atomic E-state index is 0.427. The maximum Gasteiger partial charge on any atom is 0.0886 e. The second kappa shape index (κ2) is 6.60. The van der Waals surface area contributed by atoms with Gasteiger partial charge >= 0.3 is 0 Å². The summed E-state index contributed by atoms with van der Waals surface area (Å²) in [6.07, 6.45) is -0.427. The molecule has 0 spiro atoms. The van der Waals surface area contributed by atoms with E-state index in [2.05, 4.69) is 48.0 Å². The van der Waals surface area contributed by atoms with Gasteiger partial charge in [0.15, 0.2) is 0 Å². The molecule has 0 saturated heterocycles. The molecule has 2 aromatic rings. The van der Waals surface area contributed by atoms with E-state index in [9.17, 15) is 5.11 Å². The van der Waals surface area contributed by atoms with Crippen LogP contribution in [-0.2, 0) is 0 Å². The first kappa shape index (κ1) is 14.6. The predicted molar refractivity (Wildman–Crippen MR) is 85.7 cm³/mol. The van der Waals surface area contributed by atoms with E-state index in [4.69, 9.17) is 0 Å². The minimum Gasteiger partial charge on any atom is -0.388 e. The number of aryl methyl sites for hydroxylation is 1. The normalized spacial score (nSPS) is 12.4. The maximum absolute atomic E-state index is 10.3. The lowest BCUT2D eigenvalue weighted by molar-refractivity contribution is 0.203. The Bertz CT molecular complexity index is 568. The van der Waals surface area contributed by atoms with Crippen molar-refractivity contribution in [2.45, 2.75) is 24.8 Å². The fourth-order valence-electron chi connectivity index (χ4n) is 1.96. The van der Waals surface area contributed by atoms with Gasteiger partial charge in [0.05, 0.1) is 6.10 Å². The quantitative estimate of drug-likeness (QED) is 0.802. The third-order valence-corrected chi connectivity index (χ3v) is 4.77. The van der Waals surface area contributed by atoms with E-state index in [0.717, 1.165) is 10.0 Å².